The van der Waals surface area contributed by atoms with Gasteiger partial charge in [-0.1, -0.05) is 25.6 Å². The van der Waals surface area contributed by atoms with Crippen LogP contribution in [0.3, 0.4) is 0 Å². The Labute approximate surface area is 158 Å². The summed E-state index contributed by atoms with van der Waals surface area (Å²) >= 11 is 1.40. The van der Waals surface area contributed by atoms with Crippen molar-refractivity contribution in [2.75, 3.05) is 23.0 Å². The maximum absolute atomic E-state index is 12.2. The number of amidine groups is 1. The van der Waals surface area contributed by atoms with Crippen molar-refractivity contribution >= 4 is 38.4 Å². The van der Waals surface area contributed by atoms with Gasteiger partial charge in [0.15, 0.2) is 15.0 Å². The summed E-state index contributed by atoms with van der Waals surface area (Å²) in [6, 6.07) is 7.30. The van der Waals surface area contributed by atoms with E-state index in [9.17, 15) is 13.2 Å². The van der Waals surface area contributed by atoms with Crippen LogP contribution in [0.1, 0.15) is 27.2 Å². The average molecular weight is 397 g/mol. The number of hydrogen-bond acceptors (Lipinski definition) is 5. The fourth-order valence-electron chi connectivity index (χ4n) is 3.24. The van der Waals surface area contributed by atoms with E-state index in [-0.39, 0.29) is 34.6 Å². The minimum Gasteiger partial charge on any atom is -0.494 e. The number of anilines is 1. The molecule has 0 aromatic heterocycles. The van der Waals surface area contributed by atoms with Gasteiger partial charge in [-0.15, -0.1) is 0 Å². The Morgan fingerprint density at radius 2 is 2.00 bits per heavy atom. The molecule has 1 aromatic carbocycles. The molecule has 2 atom stereocenters. The number of hydrogen-bond donors (Lipinski definition) is 0. The van der Waals surface area contributed by atoms with Gasteiger partial charge >= 0.3 is 0 Å². The number of ether oxygens (including phenoxy) is 1. The molecule has 8 heteroatoms. The number of thioether (sulfide) groups is 1. The van der Waals surface area contributed by atoms with Gasteiger partial charge in [-0.3, -0.25) is 4.79 Å². The number of aliphatic imine (C=N–C) groups is 1. The predicted octanol–water partition coefficient (Wildman–Crippen LogP) is 2.73. The largest absolute Gasteiger partial charge is 0.494 e. The van der Waals surface area contributed by atoms with Gasteiger partial charge in [0, 0.05) is 17.4 Å². The molecule has 2 saturated heterocycles. The topological polar surface area (TPSA) is 76.0 Å². The standard InChI is InChI=1S/C18H24N2O4S2/c1-4-24-14-7-5-13(6-8-14)20-15-10-26(22,23)11-16(15)25-18(20)19-17(21)9-12(2)3/h5-8,12,15-16H,4,9-11H2,1-3H3/t15-,16+/m0/s1. The van der Waals surface area contributed by atoms with Crippen molar-refractivity contribution in [3.05, 3.63) is 24.3 Å². The molecule has 0 spiro atoms. The van der Waals surface area contributed by atoms with Gasteiger partial charge < -0.3 is 9.64 Å². The van der Waals surface area contributed by atoms with Crippen molar-refractivity contribution in [2.45, 2.75) is 38.5 Å². The molecule has 2 fully saturated rings. The molecule has 6 nitrogen and oxygen atoms in total. The van der Waals surface area contributed by atoms with E-state index in [1.165, 1.54) is 11.8 Å². The van der Waals surface area contributed by atoms with Crippen LogP contribution in [0.25, 0.3) is 0 Å². The molecule has 3 rings (SSSR count). The van der Waals surface area contributed by atoms with Crippen LogP contribution in [-0.4, -0.2) is 48.9 Å². The van der Waals surface area contributed by atoms with Gasteiger partial charge in [-0.2, -0.15) is 4.99 Å². The Hall–Kier alpha value is -1.54. The zero-order valence-electron chi connectivity index (χ0n) is 15.2. The summed E-state index contributed by atoms with van der Waals surface area (Å²) in [5.74, 6) is 1.05. The van der Waals surface area contributed by atoms with E-state index in [4.69, 9.17) is 4.74 Å². The van der Waals surface area contributed by atoms with Gasteiger partial charge in [0.1, 0.15) is 5.75 Å². The van der Waals surface area contributed by atoms with Crippen molar-refractivity contribution in [3.63, 3.8) is 0 Å². The summed E-state index contributed by atoms with van der Waals surface area (Å²) < 4.78 is 29.6. The van der Waals surface area contributed by atoms with Crippen molar-refractivity contribution in [1.29, 1.82) is 0 Å². The zero-order valence-corrected chi connectivity index (χ0v) is 16.8. The van der Waals surface area contributed by atoms with Crippen LogP contribution in [0.4, 0.5) is 5.69 Å². The van der Waals surface area contributed by atoms with Crippen LogP contribution < -0.4 is 9.64 Å². The Bertz CT molecular complexity index is 803. The predicted molar refractivity (Wildman–Crippen MR) is 106 cm³/mol. The highest BCUT2D eigenvalue weighted by molar-refractivity contribution is 8.16. The number of amides is 1. The van der Waals surface area contributed by atoms with E-state index in [0.29, 0.717) is 18.2 Å². The molecule has 1 aromatic rings. The van der Waals surface area contributed by atoms with Crippen LogP contribution >= 0.6 is 11.8 Å². The number of nitrogens with zero attached hydrogens (tertiary/aromatic N) is 2. The number of carbonyl (C=O) groups is 1. The first-order chi connectivity index (χ1) is 12.3. The lowest BCUT2D eigenvalue weighted by molar-refractivity contribution is -0.118. The maximum atomic E-state index is 12.2. The summed E-state index contributed by atoms with van der Waals surface area (Å²) in [6.45, 7) is 6.46. The molecule has 26 heavy (non-hydrogen) atoms. The van der Waals surface area contributed by atoms with Crippen LogP contribution in [-0.2, 0) is 14.6 Å². The number of benzene rings is 1. The molecule has 2 aliphatic heterocycles. The molecule has 142 valence electrons. The fourth-order valence-corrected chi connectivity index (χ4v) is 7.17. The second kappa shape index (κ2) is 7.60. The van der Waals surface area contributed by atoms with E-state index < -0.39 is 9.84 Å². The Kier molecular flexibility index (Phi) is 5.62. The number of sulfone groups is 1. The zero-order chi connectivity index (χ0) is 18.9. The molecule has 0 saturated carbocycles. The number of carbonyl (C=O) groups excluding carboxylic acids is 1. The van der Waals surface area contributed by atoms with Gasteiger partial charge in [-0.05, 0) is 37.1 Å². The minimum absolute atomic E-state index is 0.0860. The maximum Gasteiger partial charge on any atom is 0.248 e. The van der Waals surface area contributed by atoms with Crippen LogP contribution in [0.2, 0.25) is 0 Å². The fraction of sp³-hybridized carbons (Fsp3) is 0.556. The quantitative estimate of drug-likeness (QED) is 0.762. The third-order valence-electron chi connectivity index (χ3n) is 4.30. The number of rotatable bonds is 5. The van der Waals surface area contributed by atoms with Crippen molar-refractivity contribution in [1.82, 2.24) is 0 Å². The van der Waals surface area contributed by atoms with Crippen molar-refractivity contribution in [3.8, 4) is 5.75 Å². The van der Waals surface area contributed by atoms with Gasteiger partial charge in [0.05, 0.1) is 24.2 Å². The van der Waals surface area contributed by atoms with E-state index >= 15 is 0 Å². The monoisotopic (exact) mass is 396 g/mol. The summed E-state index contributed by atoms with van der Waals surface area (Å²) in [5, 5.41) is 0.516. The summed E-state index contributed by atoms with van der Waals surface area (Å²) in [5.41, 5.74) is 0.835. The third kappa shape index (κ3) is 4.23. The van der Waals surface area contributed by atoms with Crippen LogP contribution in [0, 0.1) is 5.92 Å². The van der Waals surface area contributed by atoms with E-state index in [0.717, 1.165) is 11.4 Å². The Balaban J connectivity index is 1.92. The first-order valence-corrected chi connectivity index (χ1v) is 11.5. The summed E-state index contributed by atoms with van der Waals surface area (Å²) in [7, 11) is -3.06. The average Bonchev–Trinajstić information content (AvgIpc) is 2.98. The smallest absolute Gasteiger partial charge is 0.248 e. The molecule has 0 bridgehead atoms. The van der Waals surface area contributed by atoms with Gasteiger partial charge in [0.2, 0.25) is 5.91 Å². The second-order valence-electron chi connectivity index (χ2n) is 6.98. The van der Waals surface area contributed by atoms with E-state index in [1.54, 1.807) is 0 Å². The SMILES string of the molecule is CCOc1ccc(N2C(=NC(=O)CC(C)C)S[C@@H]3CS(=O)(=O)C[C@@H]32)cc1. The van der Waals surface area contributed by atoms with Gasteiger partial charge in [0.25, 0.3) is 0 Å². The molecule has 2 aliphatic rings. The van der Waals surface area contributed by atoms with Crippen molar-refractivity contribution in [2.24, 2.45) is 10.9 Å². The Morgan fingerprint density at radius 3 is 2.62 bits per heavy atom. The van der Waals surface area contributed by atoms with Crippen molar-refractivity contribution < 1.29 is 17.9 Å². The highest BCUT2D eigenvalue weighted by Crippen LogP contribution is 2.41. The molecule has 0 aliphatic carbocycles. The summed E-state index contributed by atoms with van der Waals surface area (Å²) in [4.78, 5) is 18.4. The third-order valence-corrected chi connectivity index (χ3v) is 7.51. The van der Waals surface area contributed by atoms with E-state index in [1.807, 2.05) is 49.9 Å². The lowest BCUT2D eigenvalue weighted by Gasteiger charge is -2.24. The highest BCUT2D eigenvalue weighted by atomic mass is 32.2. The normalized spacial score (nSPS) is 25.7. The van der Waals surface area contributed by atoms with Gasteiger partial charge in [-0.25, -0.2) is 8.42 Å². The first-order valence-electron chi connectivity index (χ1n) is 8.79. The molecular weight excluding hydrogens is 372 g/mol. The number of fused-ring (bicyclic) bond motifs is 1. The molecule has 0 N–H and O–H groups in total. The molecule has 1 amide bonds. The summed E-state index contributed by atoms with van der Waals surface area (Å²) in [6.07, 6.45) is 0.384. The lowest BCUT2D eigenvalue weighted by Crippen LogP contribution is -2.37. The minimum atomic E-state index is -3.06. The first kappa shape index (κ1) is 19.2. The molecule has 0 radical (unpaired) electrons. The van der Waals surface area contributed by atoms with Crippen LogP contribution in [0.15, 0.2) is 29.3 Å². The van der Waals surface area contributed by atoms with E-state index in [2.05, 4.69) is 4.99 Å². The second-order valence-corrected chi connectivity index (χ2v) is 10.3. The lowest BCUT2D eigenvalue weighted by atomic mass is 10.1. The van der Waals surface area contributed by atoms with Crippen LogP contribution in [0.5, 0.6) is 5.75 Å². The molecule has 0 unspecified atom stereocenters. The highest BCUT2D eigenvalue weighted by Gasteiger charge is 2.49. The molecule has 2 heterocycles. The molecular formula is C18H24N2O4S2. The Morgan fingerprint density at radius 1 is 1.31 bits per heavy atom.